The number of alkyl halides is 3. The van der Waals surface area contributed by atoms with Crippen LogP contribution in [0.4, 0.5) is 13.2 Å². The fraction of sp³-hybridized carbons (Fsp3) is 0.100. The molecule has 0 fully saturated rings. The second-order valence-electron chi connectivity index (χ2n) is 6.22. The van der Waals surface area contributed by atoms with E-state index >= 15 is 0 Å². The van der Waals surface area contributed by atoms with E-state index in [2.05, 4.69) is 5.10 Å². The summed E-state index contributed by atoms with van der Waals surface area (Å²) in [6, 6.07) is 8.47. The number of halogens is 3. The summed E-state index contributed by atoms with van der Waals surface area (Å²) in [6.45, 7) is 1.65. The molecule has 0 aliphatic rings. The molecule has 1 heterocycles. The van der Waals surface area contributed by atoms with E-state index in [1.165, 1.54) is 24.3 Å². The van der Waals surface area contributed by atoms with Crippen LogP contribution >= 0.6 is 0 Å². The third-order valence-corrected chi connectivity index (χ3v) is 3.84. The van der Waals surface area contributed by atoms with Gasteiger partial charge in [-0.2, -0.15) is 18.3 Å². The lowest BCUT2D eigenvalue weighted by atomic mass is 10.1. The van der Waals surface area contributed by atoms with Gasteiger partial charge in [0.1, 0.15) is 0 Å². The molecule has 0 saturated carbocycles. The van der Waals surface area contributed by atoms with Gasteiger partial charge < -0.3 is 15.3 Å². The first-order valence-corrected chi connectivity index (χ1v) is 8.42. The van der Waals surface area contributed by atoms with E-state index in [-0.39, 0.29) is 22.4 Å². The topological polar surface area (TPSA) is 130 Å². The normalized spacial score (nSPS) is 10.7. The molecule has 0 atom stereocenters. The van der Waals surface area contributed by atoms with Crippen LogP contribution in [0.25, 0.3) is 5.69 Å². The molecule has 1 aromatic heterocycles. The lowest BCUT2D eigenvalue weighted by Crippen LogP contribution is -2.06. The van der Waals surface area contributed by atoms with Gasteiger partial charge >= 0.3 is 24.1 Å². The molecular weight excluding hydrogens is 421 g/mol. The number of carboxylic acid groups (broad SMARTS) is 3. The van der Waals surface area contributed by atoms with Gasteiger partial charge in [0.05, 0.1) is 34.1 Å². The second-order valence-corrected chi connectivity index (χ2v) is 6.22. The number of carboxylic acids is 3. The number of rotatable bonds is 4. The third-order valence-electron chi connectivity index (χ3n) is 3.84. The van der Waals surface area contributed by atoms with Crippen LogP contribution < -0.4 is 0 Å². The number of hydrogen-bond donors (Lipinski definition) is 3. The highest BCUT2D eigenvalue weighted by Gasteiger charge is 2.30. The summed E-state index contributed by atoms with van der Waals surface area (Å²) >= 11 is 0. The van der Waals surface area contributed by atoms with E-state index in [4.69, 9.17) is 15.3 Å². The Morgan fingerprint density at radius 1 is 0.871 bits per heavy atom. The molecule has 0 spiro atoms. The Kier molecular flexibility index (Phi) is 6.80. The van der Waals surface area contributed by atoms with E-state index in [1.54, 1.807) is 6.92 Å². The second kappa shape index (κ2) is 9.11. The molecule has 3 aromatic rings. The Morgan fingerprint density at radius 2 is 1.42 bits per heavy atom. The van der Waals surface area contributed by atoms with Crippen LogP contribution in [0.1, 0.15) is 42.2 Å². The van der Waals surface area contributed by atoms with Crippen LogP contribution in [0.15, 0.2) is 54.9 Å². The van der Waals surface area contributed by atoms with Crippen molar-refractivity contribution >= 4 is 17.9 Å². The summed E-state index contributed by atoms with van der Waals surface area (Å²) < 4.78 is 38.6. The van der Waals surface area contributed by atoms with Crippen molar-refractivity contribution in [2.75, 3.05) is 0 Å². The van der Waals surface area contributed by atoms with Gasteiger partial charge in [0.25, 0.3) is 0 Å². The number of aromatic carboxylic acids is 3. The SMILES string of the molecule is Cc1cc(C(=O)O)cc(C(=O)O)c1.O=C(O)c1cnn(-c2cccc(C(F)(F)F)c2)c1. The molecule has 0 aliphatic heterocycles. The number of carbonyl (C=O) groups is 3. The Hall–Kier alpha value is -4.15. The van der Waals surface area contributed by atoms with E-state index < -0.39 is 29.6 Å². The van der Waals surface area contributed by atoms with Crippen molar-refractivity contribution in [3.63, 3.8) is 0 Å². The lowest BCUT2D eigenvalue weighted by Gasteiger charge is -2.08. The van der Waals surface area contributed by atoms with Crippen molar-refractivity contribution in [1.82, 2.24) is 9.78 Å². The summed E-state index contributed by atoms with van der Waals surface area (Å²) in [7, 11) is 0. The quantitative estimate of drug-likeness (QED) is 0.564. The maximum atomic E-state index is 12.5. The van der Waals surface area contributed by atoms with Gasteiger partial charge in [0, 0.05) is 6.20 Å². The standard InChI is InChI=1S/C11H7F3N2O2.C9H8O4/c12-11(13,14)8-2-1-3-9(4-8)16-6-7(5-15-16)10(17)18;1-5-2-6(8(10)11)4-7(3-5)9(12)13/h1-6H,(H,17,18);2-4H,1H3,(H,10,11)(H,12,13). The van der Waals surface area contributed by atoms with Gasteiger partial charge in [0.2, 0.25) is 0 Å². The summed E-state index contributed by atoms with van der Waals surface area (Å²) in [5.41, 5.74) is -0.135. The molecule has 0 bridgehead atoms. The molecule has 0 saturated heterocycles. The average molecular weight is 436 g/mol. The third kappa shape index (κ3) is 6.16. The van der Waals surface area contributed by atoms with Gasteiger partial charge in [-0.1, -0.05) is 6.07 Å². The Morgan fingerprint density at radius 3 is 1.87 bits per heavy atom. The molecule has 31 heavy (non-hydrogen) atoms. The minimum absolute atomic E-state index is 0.00241. The van der Waals surface area contributed by atoms with Gasteiger partial charge in [-0.05, 0) is 48.9 Å². The smallest absolute Gasteiger partial charge is 0.416 e. The van der Waals surface area contributed by atoms with Crippen molar-refractivity contribution in [2.45, 2.75) is 13.1 Å². The monoisotopic (exact) mass is 436 g/mol. The fourth-order valence-corrected chi connectivity index (χ4v) is 2.43. The molecule has 11 heteroatoms. The van der Waals surface area contributed by atoms with Crippen molar-refractivity contribution in [3.8, 4) is 5.69 Å². The predicted molar refractivity (Wildman–Crippen MR) is 101 cm³/mol. The Bertz CT molecular complexity index is 1110. The van der Waals surface area contributed by atoms with Crippen LogP contribution in [0.5, 0.6) is 0 Å². The number of nitrogens with zero attached hydrogens (tertiary/aromatic N) is 2. The molecule has 0 aliphatic carbocycles. The number of aromatic nitrogens is 2. The first-order chi connectivity index (χ1) is 14.4. The maximum Gasteiger partial charge on any atom is 0.416 e. The van der Waals surface area contributed by atoms with Gasteiger partial charge in [-0.15, -0.1) is 0 Å². The van der Waals surface area contributed by atoms with Crippen LogP contribution in [-0.4, -0.2) is 43.0 Å². The number of benzene rings is 2. The molecule has 0 amide bonds. The van der Waals surface area contributed by atoms with Crippen molar-refractivity contribution in [2.24, 2.45) is 0 Å². The lowest BCUT2D eigenvalue weighted by molar-refractivity contribution is -0.137. The van der Waals surface area contributed by atoms with Gasteiger partial charge in [0.15, 0.2) is 0 Å². The first kappa shape index (κ1) is 23.1. The Balaban J connectivity index is 0.000000233. The minimum atomic E-state index is -4.45. The van der Waals surface area contributed by atoms with E-state index in [0.717, 1.165) is 35.3 Å². The predicted octanol–water partition coefficient (Wildman–Crippen LogP) is 3.98. The van der Waals surface area contributed by atoms with Crippen molar-refractivity contribution in [3.05, 3.63) is 82.7 Å². The zero-order valence-corrected chi connectivity index (χ0v) is 15.8. The van der Waals surface area contributed by atoms with E-state index in [9.17, 15) is 27.6 Å². The van der Waals surface area contributed by atoms with Crippen molar-refractivity contribution in [1.29, 1.82) is 0 Å². The molecular formula is C20H15F3N2O6. The molecule has 0 radical (unpaired) electrons. The maximum absolute atomic E-state index is 12.5. The zero-order chi connectivity index (χ0) is 23.3. The molecule has 162 valence electrons. The van der Waals surface area contributed by atoms with Crippen LogP contribution in [0.3, 0.4) is 0 Å². The van der Waals surface area contributed by atoms with Crippen LogP contribution in [0, 0.1) is 6.92 Å². The fourth-order valence-electron chi connectivity index (χ4n) is 2.43. The van der Waals surface area contributed by atoms with E-state index in [1.807, 2.05) is 0 Å². The highest BCUT2D eigenvalue weighted by atomic mass is 19.4. The molecule has 0 unspecified atom stereocenters. The van der Waals surface area contributed by atoms with E-state index in [0.29, 0.717) is 5.56 Å². The van der Waals surface area contributed by atoms with Crippen LogP contribution in [0.2, 0.25) is 0 Å². The largest absolute Gasteiger partial charge is 0.478 e. The highest BCUT2D eigenvalue weighted by molar-refractivity contribution is 5.94. The molecule has 3 N–H and O–H groups in total. The Labute approximate surface area is 172 Å². The van der Waals surface area contributed by atoms with Gasteiger partial charge in [-0.3, -0.25) is 0 Å². The summed E-state index contributed by atoms with van der Waals surface area (Å²) in [6.07, 6.45) is -2.22. The minimum Gasteiger partial charge on any atom is -0.478 e. The summed E-state index contributed by atoms with van der Waals surface area (Å²) in [4.78, 5) is 31.7. The summed E-state index contributed by atoms with van der Waals surface area (Å²) in [5.74, 6) is -3.43. The molecule has 8 nitrogen and oxygen atoms in total. The molecule has 3 rings (SSSR count). The zero-order valence-electron chi connectivity index (χ0n) is 15.8. The van der Waals surface area contributed by atoms with Crippen LogP contribution in [-0.2, 0) is 6.18 Å². The van der Waals surface area contributed by atoms with Gasteiger partial charge in [-0.25, -0.2) is 19.1 Å². The highest BCUT2D eigenvalue weighted by Crippen LogP contribution is 2.30. The number of hydrogen-bond acceptors (Lipinski definition) is 4. The summed E-state index contributed by atoms with van der Waals surface area (Å²) in [5, 5.41) is 29.6. The molecule has 2 aromatic carbocycles. The number of aryl methyl sites for hydroxylation is 1. The first-order valence-electron chi connectivity index (χ1n) is 8.42. The van der Waals surface area contributed by atoms with Crippen molar-refractivity contribution < 1.29 is 42.9 Å². The average Bonchev–Trinajstić information content (AvgIpc) is 3.18.